The van der Waals surface area contributed by atoms with E-state index in [1.54, 1.807) is 24.5 Å². The third-order valence-electron chi connectivity index (χ3n) is 2.79. The van der Waals surface area contributed by atoms with Crippen molar-refractivity contribution in [3.8, 4) is 11.8 Å². The van der Waals surface area contributed by atoms with Gasteiger partial charge >= 0.3 is 0 Å². The molecule has 0 aliphatic rings. The summed E-state index contributed by atoms with van der Waals surface area (Å²) in [6.45, 7) is 0.505. The van der Waals surface area contributed by atoms with E-state index in [2.05, 4.69) is 22.1 Å². The van der Waals surface area contributed by atoms with E-state index in [1.165, 1.54) is 0 Å². The summed E-state index contributed by atoms with van der Waals surface area (Å²) in [6, 6.07) is 11.0. The molecule has 1 aromatic carbocycles. The second-order valence-electron chi connectivity index (χ2n) is 4.39. The van der Waals surface area contributed by atoms with E-state index >= 15 is 0 Å². The number of nitrogens with one attached hydrogen (secondary N) is 1. The van der Waals surface area contributed by atoms with Gasteiger partial charge in [-0.25, -0.2) is 0 Å². The van der Waals surface area contributed by atoms with Crippen LogP contribution in [0.3, 0.4) is 0 Å². The number of aromatic nitrogens is 1. The molecule has 106 valence electrons. The highest BCUT2D eigenvalue weighted by atomic mass is 16.2. The van der Waals surface area contributed by atoms with E-state index in [0.29, 0.717) is 18.5 Å². The van der Waals surface area contributed by atoms with Gasteiger partial charge in [0.05, 0.1) is 6.61 Å². The Kier molecular flexibility index (Phi) is 5.50. The van der Waals surface area contributed by atoms with Gasteiger partial charge in [0.2, 0.25) is 0 Å². The molecule has 4 nitrogen and oxygen atoms in total. The highest BCUT2D eigenvalue weighted by molar-refractivity contribution is 5.93. The minimum absolute atomic E-state index is 0.0642. The molecular formula is C17H16N2O2. The Labute approximate surface area is 123 Å². The third kappa shape index (κ3) is 4.75. The maximum Gasteiger partial charge on any atom is 0.251 e. The molecule has 4 heteroatoms. The topological polar surface area (TPSA) is 62.2 Å². The number of pyridine rings is 1. The summed E-state index contributed by atoms with van der Waals surface area (Å²) in [7, 11) is 0. The number of amides is 1. The van der Waals surface area contributed by atoms with Crippen LogP contribution in [0.25, 0.3) is 0 Å². The second-order valence-corrected chi connectivity index (χ2v) is 4.39. The fourth-order valence-electron chi connectivity index (χ4n) is 1.77. The van der Waals surface area contributed by atoms with Crippen molar-refractivity contribution in [2.24, 2.45) is 0 Å². The zero-order chi connectivity index (χ0) is 14.9. The van der Waals surface area contributed by atoms with Crippen LogP contribution in [0.1, 0.15) is 27.9 Å². The van der Waals surface area contributed by atoms with Gasteiger partial charge in [-0.05, 0) is 29.8 Å². The summed E-state index contributed by atoms with van der Waals surface area (Å²) in [6.07, 6.45) is 3.64. The zero-order valence-corrected chi connectivity index (χ0v) is 11.5. The molecule has 1 amide bonds. The normalized spacial score (nSPS) is 9.57. The Balaban J connectivity index is 1.96. The fourth-order valence-corrected chi connectivity index (χ4v) is 1.77. The largest absolute Gasteiger partial charge is 0.395 e. The molecule has 21 heavy (non-hydrogen) atoms. The van der Waals surface area contributed by atoms with E-state index in [9.17, 15) is 4.79 Å². The van der Waals surface area contributed by atoms with Crippen LogP contribution in [0.2, 0.25) is 0 Å². The van der Waals surface area contributed by atoms with Crippen molar-refractivity contribution in [2.45, 2.75) is 13.0 Å². The van der Waals surface area contributed by atoms with E-state index in [-0.39, 0.29) is 12.5 Å². The summed E-state index contributed by atoms with van der Waals surface area (Å²) in [5.74, 6) is 5.72. The Bertz CT molecular complexity index is 657. The summed E-state index contributed by atoms with van der Waals surface area (Å²) in [5, 5.41) is 11.6. The van der Waals surface area contributed by atoms with Gasteiger partial charge in [0, 0.05) is 36.5 Å². The smallest absolute Gasteiger partial charge is 0.251 e. The molecule has 0 radical (unpaired) electrons. The molecule has 2 rings (SSSR count). The number of benzene rings is 1. The van der Waals surface area contributed by atoms with Crippen molar-refractivity contribution in [3.63, 3.8) is 0 Å². The van der Waals surface area contributed by atoms with Crippen LogP contribution in [-0.2, 0) is 6.54 Å². The SMILES string of the molecule is O=C(NCc1cccc(C#CCCO)c1)c1ccncc1. The zero-order valence-electron chi connectivity index (χ0n) is 11.5. The van der Waals surface area contributed by atoms with Gasteiger partial charge in [-0.2, -0.15) is 0 Å². The lowest BCUT2D eigenvalue weighted by atomic mass is 10.1. The Morgan fingerprint density at radius 2 is 2.05 bits per heavy atom. The first-order valence-electron chi connectivity index (χ1n) is 6.66. The van der Waals surface area contributed by atoms with Crippen LogP contribution in [0.5, 0.6) is 0 Å². The molecule has 0 saturated carbocycles. The second kappa shape index (κ2) is 7.83. The summed E-state index contributed by atoms with van der Waals surface area (Å²) in [4.78, 5) is 15.8. The lowest BCUT2D eigenvalue weighted by Gasteiger charge is -2.05. The first kappa shape index (κ1) is 14.8. The lowest BCUT2D eigenvalue weighted by Crippen LogP contribution is -2.22. The number of aliphatic hydroxyl groups excluding tert-OH is 1. The number of hydrogen-bond acceptors (Lipinski definition) is 3. The van der Waals surface area contributed by atoms with E-state index in [4.69, 9.17) is 5.11 Å². The molecule has 0 aliphatic heterocycles. The van der Waals surface area contributed by atoms with Crippen LogP contribution in [0.4, 0.5) is 0 Å². The number of aliphatic hydroxyl groups is 1. The molecule has 0 spiro atoms. The summed E-state index contributed by atoms with van der Waals surface area (Å²) in [5.41, 5.74) is 2.44. The Morgan fingerprint density at radius 3 is 2.81 bits per heavy atom. The quantitative estimate of drug-likeness (QED) is 0.839. The van der Waals surface area contributed by atoms with Gasteiger partial charge in [0.1, 0.15) is 0 Å². The number of hydrogen-bond donors (Lipinski definition) is 2. The molecular weight excluding hydrogens is 264 g/mol. The molecule has 1 aromatic heterocycles. The summed E-state index contributed by atoms with van der Waals surface area (Å²) >= 11 is 0. The molecule has 0 unspecified atom stereocenters. The number of rotatable bonds is 4. The third-order valence-corrected chi connectivity index (χ3v) is 2.79. The van der Waals surface area contributed by atoms with Gasteiger partial charge in [-0.1, -0.05) is 24.0 Å². The predicted octanol–water partition coefficient (Wildman–Crippen LogP) is 1.75. The highest BCUT2D eigenvalue weighted by Gasteiger charge is 2.04. The van der Waals surface area contributed by atoms with Crippen LogP contribution < -0.4 is 5.32 Å². The Hall–Kier alpha value is -2.64. The fraction of sp³-hybridized carbons (Fsp3) is 0.176. The van der Waals surface area contributed by atoms with Crippen molar-refractivity contribution < 1.29 is 9.90 Å². The standard InChI is InChI=1S/C17H16N2O2/c20-11-2-1-4-14-5-3-6-15(12-14)13-19-17(21)16-7-9-18-10-8-16/h3,5-10,12,20H,2,11,13H2,(H,19,21). The van der Waals surface area contributed by atoms with Crippen molar-refractivity contribution in [3.05, 3.63) is 65.5 Å². The maximum atomic E-state index is 11.9. The molecule has 1 heterocycles. The molecule has 0 fully saturated rings. The molecule has 0 atom stereocenters. The van der Waals surface area contributed by atoms with E-state index < -0.39 is 0 Å². The number of nitrogens with zero attached hydrogens (tertiary/aromatic N) is 1. The van der Waals surface area contributed by atoms with E-state index in [1.807, 2.05) is 24.3 Å². The van der Waals surface area contributed by atoms with Crippen LogP contribution in [-0.4, -0.2) is 22.6 Å². The summed E-state index contributed by atoms with van der Waals surface area (Å²) < 4.78 is 0. The maximum absolute atomic E-state index is 11.9. The van der Waals surface area contributed by atoms with Gasteiger partial charge < -0.3 is 10.4 Å². The average molecular weight is 280 g/mol. The predicted molar refractivity (Wildman–Crippen MR) is 80.4 cm³/mol. The highest BCUT2D eigenvalue weighted by Crippen LogP contribution is 2.05. The number of carbonyl (C=O) groups excluding carboxylic acids is 1. The van der Waals surface area contributed by atoms with Gasteiger partial charge in [0.15, 0.2) is 0 Å². The van der Waals surface area contributed by atoms with Gasteiger partial charge in [0.25, 0.3) is 5.91 Å². The van der Waals surface area contributed by atoms with Gasteiger partial charge in [-0.15, -0.1) is 0 Å². The lowest BCUT2D eigenvalue weighted by molar-refractivity contribution is 0.0951. The van der Waals surface area contributed by atoms with Gasteiger partial charge in [-0.3, -0.25) is 9.78 Å². The Morgan fingerprint density at radius 1 is 1.24 bits per heavy atom. The van der Waals surface area contributed by atoms with Crippen molar-refractivity contribution in [1.29, 1.82) is 0 Å². The van der Waals surface area contributed by atoms with E-state index in [0.717, 1.165) is 11.1 Å². The van der Waals surface area contributed by atoms with Crippen molar-refractivity contribution in [1.82, 2.24) is 10.3 Å². The van der Waals surface area contributed by atoms with Crippen LogP contribution in [0.15, 0.2) is 48.8 Å². The van der Waals surface area contributed by atoms with Crippen molar-refractivity contribution >= 4 is 5.91 Å². The molecule has 2 N–H and O–H groups in total. The molecule has 0 saturated heterocycles. The van der Waals surface area contributed by atoms with Crippen molar-refractivity contribution in [2.75, 3.05) is 6.61 Å². The van der Waals surface area contributed by atoms with Crippen LogP contribution >= 0.6 is 0 Å². The first-order valence-corrected chi connectivity index (χ1v) is 6.66. The first-order chi connectivity index (χ1) is 10.3. The minimum atomic E-state index is -0.130. The molecule has 2 aromatic rings. The average Bonchev–Trinajstić information content (AvgIpc) is 2.54. The molecule has 0 bridgehead atoms. The monoisotopic (exact) mass is 280 g/mol. The minimum Gasteiger partial charge on any atom is -0.395 e. The van der Waals surface area contributed by atoms with Crippen LogP contribution in [0, 0.1) is 11.8 Å². The molecule has 0 aliphatic carbocycles. The number of carbonyl (C=O) groups is 1.